The van der Waals surface area contributed by atoms with Gasteiger partial charge in [0.1, 0.15) is 18.8 Å². The van der Waals surface area contributed by atoms with Gasteiger partial charge in [-0.3, -0.25) is 14.4 Å². The van der Waals surface area contributed by atoms with Gasteiger partial charge in [-0.15, -0.1) is 0 Å². The van der Waals surface area contributed by atoms with Crippen molar-refractivity contribution >= 4 is 23.9 Å². The summed E-state index contributed by atoms with van der Waals surface area (Å²) < 4.78 is 28.3. The number of carboxylic acids is 1. The van der Waals surface area contributed by atoms with Gasteiger partial charge in [0.2, 0.25) is 0 Å². The van der Waals surface area contributed by atoms with E-state index in [0.717, 1.165) is 96.3 Å². The second-order valence-corrected chi connectivity index (χ2v) is 19.9. The largest absolute Gasteiger partial charge is 0.479 e. The predicted molar refractivity (Wildman–Crippen MR) is 285 cm³/mol. The van der Waals surface area contributed by atoms with E-state index in [1.807, 2.05) is 0 Å². The first-order chi connectivity index (χ1) is 34.6. The summed E-state index contributed by atoms with van der Waals surface area (Å²) >= 11 is 0. The lowest BCUT2D eigenvalue weighted by Gasteiger charge is -2.40. The SMILES string of the molecule is CCCCC/C=C\C/C=C\CCCCCCCCCCCC(=O)OC1C(OCC(COC(=O)CCCCCCC/C=C\CCCCCC)OC(=O)CCCCCCCCCCC)OC(C(=O)O)C(O)C1O. The molecule has 1 aliphatic rings. The van der Waals surface area contributed by atoms with E-state index in [1.54, 1.807) is 0 Å². The number of carbonyl (C=O) groups is 4. The molecule has 0 bridgehead atoms. The fraction of sp³-hybridized carbons (Fsp3) is 0.831. The van der Waals surface area contributed by atoms with Gasteiger partial charge >= 0.3 is 23.9 Å². The van der Waals surface area contributed by atoms with Gasteiger partial charge < -0.3 is 39.0 Å². The average molecular weight is 1010 g/mol. The molecule has 12 heteroatoms. The molecule has 0 amide bonds. The smallest absolute Gasteiger partial charge is 0.335 e. The van der Waals surface area contributed by atoms with Gasteiger partial charge in [0.15, 0.2) is 24.6 Å². The lowest BCUT2D eigenvalue weighted by atomic mass is 9.98. The Labute approximate surface area is 431 Å². The number of carboxylic acid groups (broad SMARTS) is 1. The molecule has 1 aliphatic heterocycles. The number of esters is 3. The van der Waals surface area contributed by atoms with Crippen LogP contribution in [-0.2, 0) is 42.9 Å². The molecule has 0 aliphatic carbocycles. The molecule has 3 N–H and O–H groups in total. The average Bonchev–Trinajstić information content (AvgIpc) is 3.35. The standard InChI is InChI=1S/C59H104O12/c1-4-7-10-13-16-19-21-23-24-25-26-27-28-30-32-35-38-41-44-47-53(62)70-57-55(64)54(63)56(58(65)66)71-59(57)68-49-50(69-52(61)46-43-40-37-33-18-15-12-9-6-3)48-67-51(60)45-42-39-36-34-31-29-22-20-17-14-11-8-5-2/h16,19-20,22-24,50,54-57,59,63-64H,4-15,17-18,21,25-49H2,1-3H3,(H,65,66)/b19-16-,22-20-,24-23-. The molecule has 0 spiro atoms. The summed E-state index contributed by atoms with van der Waals surface area (Å²) in [7, 11) is 0. The number of aliphatic hydroxyl groups excluding tert-OH is 2. The third-order valence-electron chi connectivity index (χ3n) is 13.2. The van der Waals surface area contributed by atoms with Crippen molar-refractivity contribution in [2.75, 3.05) is 13.2 Å². The monoisotopic (exact) mass is 1000 g/mol. The van der Waals surface area contributed by atoms with Crippen molar-refractivity contribution in [3.63, 3.8) is 0 Å². The second-order valence-electron chi connectivity index (χ2n) is 19.9. The molecule has 1 fully saturated rings. The van der Waals surface area contributed by atoms with Gasteiger partial charge in [-0.1, -0.05) is 205 Å². The highest BCUT2D eigenvalue weighted by molar-refractivity contribution is 5.74. The second kappa shape index (κ2) is 47.9. The lowest BCUT2D eigenvalue weighted by molar-refractivity contribution is -0.301. The van der Waals surface area contributed by atoms with E-state index < -0.39 is 67.3 Å². The highest BCUT2D eigenvalue weighted by Crippen LogP contribution is 2.26. The first-order valence-corrected chi connectivity index (χ1v) is 29.0. The Balaban J connectivity index is 2.64. The number of ether oxygens (including phenoxy) is 5. The van der Waals surface area contributed by atoms with E-state index in [2.05, 4.69) is 57.2 Å². The Bertz CT molecular complexity index is 1380. The lowest BCUT2D eigenvalue weighted by Crippen LogP contribution is -2.61. The fourth-order valence-electron chi connectivity index (χ4n) is 8.69. The summed E-state index contributed by atoms with van der Waals surface area (Å²) in [6.45, 7) is 5.93. The summed E-state index contributed by atoms with van der Waals surface area (Å²) in [6.07, 6.45) is 42.7. The molecule has 412 valence electrons. The number of aliphatic carboxylic acids is 1. The van der Waals surface area contributed by atoms with Crippen LogP contribution in [0, 0.1) is 0 Å². The van der Waals surface area contributed by atoms with Crippen LogP contribution in [0.25, 0.3) is 0 Å². The minimum absolute atomic E-state index is 0.0577. The van der Waals surface area contributed by atoms with E-state index in [4.69, 9.17) is 23.7 Å². The van der Waals surface area contributed by atoms with Crippen LogP contribution < -0.4 is 0 Å². The van der Waals surface area contributed by atoms with E-state index in [1.165, 1.54) is 109 Å². The number of rotatable bonds is 49. The van der Waals surface area contributed by atoms with E-state index in [9.17, 15) is 34.5 Å². The molecule has 0 aromatic heterocycles. The fourth-order valence-corrected chi connectivity index (χ4v) is 8.69. The molecule has 1 saturated heterocycles. The summed E-state index contributed by atoms with van der Waals surface area (Å²) in [6, 6.07) is 0. The normalized spacial score (nSPS) is 18.7. The summed E-state index contributed by atoms with van der Waals surface area (Å²) in [5.41, 5.74) is 0. The van der Waals surface area contributed by atoms with Gasteiger partial charge in [-0.25, -0.2) is 4.79 Å². The van der Waals surface area contributed by atoms with Crippen LogP contribution in [0.3, 0.4) is 0 Å². The summed E-state index contributed by atoms with van der Waals surface area (Å²) in [4.78, 5) is 50.9. The number of hydrogen-bond acceptors (Lipinski definition) is 11. The number of unbranched alkanes of at least 4 members (excludes halogenated alkanes) is 29. The van der Waals surface area contributed by atoms with Crippen molar-refractivity contribution in [2.45, 2.75) is 302 Å². The van der Waals surface area contributed by atoms with Crippen molar-refractivity contribution in [3.8, 4) is 0 Å². The first kappa shape index (κ1) is 66.0. The van der Waals surface area contributed by atoms with Crippen LogP contribution in [0.4, 0.5) is 0 Å². The van der Waals surface area contributed by atoms with Crippen molar-refractivity contribution in [1.29, 1.82) is 0 Å². The maximum atomic E-state index is 13.0. The molecule has 1 heterocycles. The minimum atomic E-state index is -1.90. The Morgan fingerprint density at radius 1 is 0.465 bits per heavy atom. The number of hydrogen-bond donors (Lipinski definition) is 3. The topological polar surface area (TPSA) is 175 Å². The number of carbonyl (C=O) groups excluding carboxylic acids is 3. The molecular weight excluding hydrogens is 901 g/mol. The highest BCUT2D eigenvalue weighted by atomic mass is 16.7. The van der Waals surface area contributed by atoms with Gasteiger partial charge in [0.25, 0.3) is 0 Å². The molecule has 0 saturated carbocycles. The zero-order chi connectivity index (χ0) is 51.8. The Morgan fingerprint density at radius 3 is 1.32 bits per heavy atom. The van der Waals surface area contributed by atoms with Crippen LogP contribution in [-0.4, -0.2) is 89.2 Å². The molecule has 6 unspecified atom stereocenters. The summed E-state index contributed by atoms with van der Waals surface area (Å²) in [5.74, 6) is -3.12. The minimum Gasteiger partial charge on any atom is -0.479 e. The number of allylic oxidation sites excluding steroid dienone is 6. The molecule has 0 aromatic rings. The Hall–Kier alpha value is -3.06. The first-order valence-electron chi connectivity index (χ1n) is 29.0. The molecular formula is C59H104O12. The maximum Gasteiger partial charge on any atom is 0.335 e. The van der Waals surface area contributed by atoms with Crippen LogP contribution in [0.1, 0.15) is 265 Å². The maximum absolute atomic E-state index is 13.0. The third kappa shape index (κ3) is 38.2. The van der Waals surface area contributed by atoms with Crippen molar-refractivity contribution in [1.82, 2.24) is 0 Å². The third-order valence-corrected chi connectivity index (χ3v) is 13.2. The van der Waals surface area contributed by atoms with Gasteiger partial charge in [-0.05, 0) is 77.0 Å². The van der Waals surface area contributed by atoms with Crippen LogP contribution >= 0.6 is 0 Å². The molecule has 12 nitrogen and oxygen atoms in total. The quantitative estimate of drug-likeness (QED) is 0.0228. The van der Waals surface area contributed by atoms with Crippen LogP contribution in [0.15, 0.2) is 36.5 Å². The van der Waals surface area contributed by atoms with E-state index >= 15 is 0 Å². The van der Waals surface area contributed by atoms with Crippen molar-refractivity contribution in [3.05, 3.63) is 36.5 Å². The van der Waals surface area contributed by atoms with Crippen LogP contribution in [0.5, 0.6) is 0 Å². The molecule has 71 heavy (non-hydrogen) atoms. The van der Waals surface area contributed by atoms with Gasteiger partial charge in [-0.2, -0.15) is 0 Å². The zero-order valence-electron chi connectivity index (χ0n) is 45.2. The Kier molecular flexibility index (Phi) is 44.5. The Morgan fingerprint density at radius 2 is 0.845 bits per heavy atom. The van der Waals surface area contributed by atoms with Gasteiger partial charge in [0.05, 0.1) is 6.61 Å². The van der Waals surface area contributed by atoms with Crippen LogP contribution in [0.2, 0.25) is 0 Å². The number of aliphatic hydroxyl groups is 2. The zero-order valence-corrected chi connectivity index (χ0v) is 45.2. The molecule has 0 aromatic carbocycles. The molecule has 6 atom stereocenters. The predicted octanol–water partition coefficient (Wildman–Crippen LogP) is 14.5. The van der Waals surface area contributed by atoms with E-state index in [-0.39, 0.29) is 25.9 Å². The van der Waals surface area contributed by atoms with Crippen molar-refractivity contribution < 1.29 is 58.2 Å². The molecule has 1 rings (SSSR count). The van der Waals surface area contributed by atoms with Crippen molar-refractivity contribution in [2.24, 2.45) is 0 Å². The van der Waals surface area contributed by atoms with Gasteiger partial charge in [0, 0.05) is 19.3 Å². The highest BCUT2D eigenvalue weighted by Gasteiger charge is 2.50. The molecule has 0 radical (unpaired) electrons. The summed E-state index contributed by atoms with van der Waals surface area (Å²) in [5, 5.41) is 31.4. The van der Waals surface area contributed by atoms with E-state index in [0.29, 0.717) is 19.3 Å².